The zero-order chi connectivity index (χ0) is 17.0. The maximum atomic E-state index is 13.5. The van der Waals surface area contributed by atoms with Crippen molar-refractivity contribution in [2.24, 2.45) is 4.99 Å². The van der Waals surface area contributed by atoms with Crippen LogP contribution in [0.2, 0.25) is 0 Å². The standard InChI is InChI=1S/C18H23FN4S.HI/c1-13-23-16(11-24-13)6-9-21-17(20-2)22-12-18(7-8-18)14-4-3-5-15(19)10-14;/h3-5,10-11H,6-9,12H2,1-2H3,(H2,20,21,22);1H. The van der Waals surface area contributed by atoms with Gasteiger partial charge in [-0.15, -0.1) is 35.3 Å². The number of aryl methyl sites for hydroxylation is 1. The third-order valence-corrected chi connectivity index (χ3v) is 5.27. The van der Waals surface area contributed by atoms with Gasteiger partial charge in [-0.25, -0.2) is 9.37 Å². The van der Waals surface area contributed by atoms with E-state index in [4.69, 9.17) is 0 Å². The fourth-order valence-electron chi connectivity index (χ4n) is 2.84. The Labute approximate surface area is 169 Å². The van der Waals surface area contributed by atoms with Gasteiger partial charge in [-0.1, -0.05) is 12.1 Å². The van der Waals surface area contributed by atoms with Crippen LogP contribution < -0.4 is 10.6 Å². The maximum absolute atomic E-state index is 13.5. The van der Waals surface area contributed by atoms with Crippen LogP contribution in [0.4, 0.5) is 4.39 Å². The maximum Gasteiger partial charge on any atom is 0.191 e. The molecule has 0 radical (unpaired) electrons. The van der Waals surface area contributed by atoms with E-state index in [0.29, 0.717) is 0 Å². The van der Waals surface area contributed by atoms with Crippen molar-refractivity contribution in [2.45, 2.75) is 31.6 Å². The Morgan fingerprint density at radius 3 is 2.76 bits per heavy atom. The van der Waals surface area contributed by atoms with Gasteiger partial charge in [0, 0.05) is 37.4 Å². The smallest absolute Gasteiger partial charge is 0.191 e. The SMILES string of the molecule is CN=C(NCCc1csc(C)n1)NCC1(c2cccc(F)c2)CC1.I. The van der Waals surface area contributed by atoms with Gasteiger partial charge in [0.1, 0.15) is 5.82 Å². The molecule has 2 N–H and O–H groups in total. The van der Waals surface area contributed by atoms with Gasteiger partial charge in [0.05, 0.1) is 10.7 Å². The van der Waals surface area contributed by atoms with Crippen molar-refractivity contribution in [3.8, 4) is 0 Å². The molecule has 0 bridgehead atoms. The molecule has 4 nitrogen and oxygen atoms in total. The Hall–Kier alpha value is -1.22. The predicted octanol–water partition coefficient (Wildman–Crippen LogP) is 3.65. The van der Waals surface area contributed by atoms with Gasteiger partial charge in [-0.05, 0) is 37.5 Å². The molecule has 1 saturated carbocycles. The summed E-state index contributed by atoms with van der Waals surface area (Å²) in [6.45, 7) is 3.57. The molecule has 0 unspecified atom stereocenters. The van der Waals surface area contributed by atoms with Gasteiger partial charge in [-0.3, -0.25) is 4.99 Å². The third-order valence-electron chi connectivity index (χ3n) is 4.45. The molecule has 0 aliphatic heterocycles. The lowest BCUT2D eigenvalue weighted by atomic mass is 9.96. The Balaban J connectivity index is 0.00000225. The second-order valence-corrected chi connectivity index (χ2v) is 7.31. The number of aromatic nitrogens is 1. The van der Waals surface area contributed by atoms with Gasteiger partial charge >= 0.3 is 0 Å². The second kappa shape index (κ2) is 8.93. The van der Waals surface area contributed by atoms with E-state index in [9.17, 15) is 4.39 Å². The molecule has 0 spiro atoms. The van der Waals surface area contributed by atoms with Crippen LogP contribution in [0.5, 0.6) is 0 Å². The molecular weight excluding hydrogens is 450 g/mol. The molecule has 0 amide bonds. The summed E-state index contributed by atoms with van der Waals surface area (Å²) in [4.78, 5) is 8.73. The summed E-state index contributed by atoms with van der Waals surface area (Å²) in [7, 11) is 1.77. The van der Waals surface area contributed by atoms with Crippen molar-refractivity contribution in [3.05, 3.63) is 51.7 Å². The van der Waals surface area contributed by atoms with E-state index < -0.39 is 0 Å². The Kier molecular flexibility index (Phi) is 7.18. The summed E-state index contributed by atoms with van der Waals surface area (Å²) in [5, 5.41) is 9.89. The minimum Gasteiger partial charge on any atom is -0.356 e. The number of nitrogens with zero attached hydrogens (tertiary/aromatic N) is 2. The van der Waals surface area contributed by atoms with Crippen molar-refractivity contribution in [1.29, 1.82) is 0 Å². The van der Waals surface area contributed by atoms with Gasteiger partial charge in [-0.2, -0.15) is 0 Å². The molecule has 136 valence electrons. The summed E-state index contributed by atoms with van der Waals surface area (Å²) in [5.74, 6) is 0.615. The number of aliphatic imine (C=N–C) groups is 1. The van der Waals surface area contributed by atoms with Gasteiger partial charge in [0.15, 0.2) is 5.96 Å². The lowest BCUT2D eigenvalue weighted by Crippen LogP contribution is -2.42. The predicted molar refractivity (Wildman–Crippen MR) is 113 cm³/mol. The van der Waals surface area contributed by atoms with Crippen LogP contribution in [-0.4, -0.2) is 31.1 Å². The van der Waals surface area contributed by atoms with Crippen LogP contribution in [-0.2, 0) is 11.8 Å². The lowest BCUT2D eigenvalue weighted by Gasteiger charge is -2.19. The van der Waals surface area contributed by atoms with Gasteiger partial charge in [0.25, 0.3) is 0 Å². The summed E-state index contributed by atoms with van der Waals surface area (Å²) in [6, 6.07) is 6.94. The fourth-order valence-corrected chi connectivity index (χ4v) is 3.49. The molecule has 1 aliphatic rings. The minimum absolute atomic E-state index is 0. The number of hydrogen-bond donors (Lipinski definition) is 2. The van der Waals surface area contributed by atoms with Crippen molar-refractivity contribution in [1.82, 2.24) is 15.6 Å². The molecule has 3 rings (SSSR count). The molecule has 1 heterocycles. The van der Waals surface area contributed by atoms with Crippen LogP contribution in [0.3, 0.4) is 0 Å². The molecule has 1 aliphatic carbocycles. The fraction of sp³-hybridized carbons (Fsp3) is 0.444. The summed E-state index contributed by atoms with van der Waals surface area (Å²) in [6.07, 6.45) is 3.04. The van der Waals surface area contributed by atoms with Crippen LogP contribution >= 0.6 is 35.3 Å². The quantitative estimate of drug-likeness (QED) is 0.382. The van der Waals surface area contributed by atoms with E-state index in [-0.39, 0.29) is 35.2 Å². The zero-order valence-electron chi connectivity index (χ0n) is 14.5. The number of nitrogens with one attached hydrogen (secondary N) is 2. The zero-order valence-corrected chi connectivity index (χ0v) is 17.7. The average Bonchev–Trinajstić information content (AvgIpc) is 3.26. The number of benzene rings is 1. The van der Waals surface area contributed by atoms with Gasteiger partial charge < -0.3 is 10.6 Å². The highest BCUT2D eigenvalue weighted by atomic mass is 127. The van der Waals surface area contributed by atoms with Crippen LogP contribution in [0.1, 0.15) is 29.1 Å². The van der Waals surface area contributed by atoms with Crippen LogP contribution in [0.15, 0.2) is 34.6 Å². The summed E-state index contributed by atoms with van der Waals surface area (Å²) in [5.41, 5.74) is 2.23. The number of hydrogen-bond acceptors (Lipinski definition) is 3. The van der Waals surface area contributed by atoms with Gasteiger partial charge in [0.2, 0.25) is 0 Å². The first kappa shape index (κ1) is 20.1. The van der Waals surface area contributed by atoms with Crippen molar-refractivity contribution >= 4 is 41.3 Å². The third kappa shape index (κ3) is 5.37. The molecule has 25 heavy (non-hydrogen) atoms. The van der Waals surface area contributed by atoms with E-state index in [1.54, 1.807) is 30.5 Å². The minimum atomic E-state index is -0.167. The first-order valence-corrected chi connectivity index (χ1v) is 9.11. The molecular formula is C18H24FIN4S. The van der Waals surface area contributed by atoms with E-state index in [0.717, 1.165) is 54.6 Å². The largest absolute Gasteiger partial charge is 0.356 e. The van der Waals surface area contributed by atoms with E-state index in [1.807, 2.05) is 13.0 Å². The highest BCUT2D eigenvalue weighted by molar-refractivity contribution is 14.0. The molecule has 0 saturated heterocycles. The number of halogens is 2. The normalized spacial score (nSPS) is 15.4. The molecule has 7 heteroatoms. The second-order valence-electron chi connectivity index (χ2n) is 6.25. The molecule has 0 atom stereocenters. The van der Waals surface area contributed by atoms with Crippen molar-refractivity contribution < 1.29 is 4.39 Å². The highest BCUT2D eigenvalue weighted by Crippen LogP contribution is 2.47. The van der Waals surface area contributed by atoms with Crippen LogP contribution in [0, 0.1) is 12.7 Å². The Morgan fingerprint density at radius 2 is 2.16 bits per heavy atom. The van der Waals surface area contributed by atoms with E-state index in [2.05, 4.69) is 26.0 Å². The van der Waals surface area contributed by atoms with Crippen LogP contribution in [0.25, 0.3) is 0 Å². The molecule has 2 aromatic rings. The average molecular weight is 474 g/mol. The first-order chi connectivity index (χ1) is 11.6. The summed E-state index contributed by atoms with van der Waals surface area (Å²) >= 11 is 1.67. The molecule has 1 fully saturated rings. The number of rotatable bonds is 6. The Bertz CT molecular complexity index is 727. The summed E-state index contributed by atoms with van der Waals surface area (Å²) < 4.78 is 13.5. The number of thiazole rings is 1. The highest BCUT2D eigenvalue weighted by Gasteiger charge is 2.44. The van der Waals surface area contributed by atoms with E-state index in [1.165, 1.54) is 6.07 Å². The molecule has 1 aromatic carbocycles. The topological polar surface area (TPSA) is 49.3 Å². The van der Waals surface area contributed by atoms with Crippen molar-refractivity contribution in [3.63, 3.8) is 0 Å². The van der Waals surface area contributed by atoms with Crippen molar-refractivity contribution in [2.75, 3.05) is 20.1 Å². The number of guanidine groups is 1. The van der Waals surface area contributed by atoms with E-state index >= 15 is 0 Å². The first-order valence-electron chi connectivity index (χ1n) is 8.23. The Morgan fingerprint density at radius 1 is 1.36 bits per heavy atom. The molecule has 1 aromatic heterocycles. The lowest BCUT2D eigenvalue weighted by molar-refractivity contribution is 0.607. The monoisotopic (exact) mass is 474 g/mol.